The highest BCUT2D eigenvalue weighted by atomic mass is 19.1. The highest BCUT2D eigenvalue weighted by Crippen LogP contribution is 2.01. The van der Waals surface area contributed by atoms with Crippen molar-refractivity contribution < 1.29 is 9.18 Å². The van der Waals surface area contributed by atoms with Crippen molar-refractivity contribution in [2.24, 2.45) is 0 Å². The molecule has 1 N–H and O–H groups in total. The lowest BCUT2D eigenvalue weighted by atomic mass is 10.3. The minimum absolute atomic E-state index is 0.182. The van der Waals surface area contributed by atoms with E-state index in [0.29, 0.717) is 5.56 Å². The molecule has 0 unspecified atom stereocenters. The summed E-state index contributed by atoms with van der Waals surface area (Å²) in [5, 5.41) is 2.48. The number of halogens is 1. The lowest BCUT2D eigenvalue weighted by molar-refractivity contribution is -0.119. The smallest absolute Gasteiger partial charge is 0.217 e. The van der Waals surface area contributed by atoms with Gasteiger partial charge in [0.05, 0.1) is 0 Å². The van der Waals surface area contributed by atoms with E-state index >= 15 is 0 Å². The maximum Gasteiger partial charge on any atom is 0.217 e. The Labute approximate surface area is 69.6 Å². The molecule has 0 aliphatic rings. The molecule has 1 heterocycles. The zero-order chi connectivity index (χ0) is 8.97. The van der Waals surface area contributed by atoms with Crippen molar-refractivity contribution in [1.82, 2.24) is 10.3 Å². The quantitative estimate of drug-likeness (QED) is 0.665. The number of carbonyl (C=O) groups excluding carboxylic acids is 1. The third-order valence-corrected chi connectivity index (χ3v) is 1.36. The lowest BCUT2D eigenvalue weighted by Gasteiger charge is -2.01. The van der Waals surface area contributed by atoms with E-state index in [4.69, 9.17) is 0 Å². The molecule has 0 aliphatic carbocycles. The number of carbonyl (C=O) groups is 1. The second-order valence-electron chi connectivity index (χ2n) is 2.36. The summed E-state index contributed by atoms with van der Waals surface area (Å²) in [5.74, 6) is -0.718. The number of aromatic nitrogens is 1. The predicted octanol–water partition coefficient (Wildman–Crippen LogP) is 0.857. The number of rotatable bonds is 2. The van der Waals surface area contributed by atoms with Gasteiger partial charge >= 0.3 is 0 Å². The highest BCUT2D eigenvalue weighted by Gasteiger charge is 2.01. The number of hydrogen-bond donors (Lipinski definition) is 1. The summed E-state index contributed by atoms with van der Waals surface area (Å²) < 4.78 is 12.8. The maximum absolute atomic E-state index is 12.8. The van der Waals surface area contributed by atoms with Crippen LogP contribution in [0, 0.1) is 5.95 Å². The van der Waals surface area contributed by atoms with E-state index in [0.717, 1.165) is 0 Å². The molecule has 4 heteroatoms. The van der Waals surface area contributed by atoms with Crippen LogP contribution in [-0.2, 0) is 11.3 Å². The fraction of sp³-hybridized carbons (Fsp3) is 0.250. The Morgan fingerprint density at radius 2 is 2.50 bits per heavy atom. The molecule has 0 saturated carbocycles. The molecule has 0 saturated heterocycles. The third-order valence-electron chi connectivity index (χ3n) is 1.36. The van der Waals surface area contributed by atoms with Gasteiger partial charge in [-0.05, 0) is 6.07 Å². The second-order valence-corrected chi connectivity index (χ2v) is 2.36. The molecule has 0 spiro atoms. The highest BCUT2D eigenvalue weighted by molar-refractivity contribution is 5.72. The van der Waals surface area contributed by atoms with Gasteiger partial charge in [-0.3, -0.25) is 4.79 Å². The molecule has 1 amide bonds. The minimum atomic E-state index is -0.536. The van der Waals surface area contributed by atoms with Crippen LogP contribution in [0.3, 0.4) is 0 Å². The van der Waals surface area contributed by atoms with Crippen molar-refractivity contribution in [2.75, 3.05) is 0 Å². The van der Waals surface area contributed by atoms with Crippen molar-refractivity contribution in [3.8, 4) is 0 Å². The molecule has 0 aromatic carbocycles. The first-order valence-electron chi connectivity index (χ1n) is 3.54. The van der Waals surface area contributed by atoms with Gasteiger partial charge < -0.3 is 5.32 Å². The van der Waals surface area contributed by atoms with Gasteiger partial charge in [0.2, 0.25) is 11.9 Å². The van der Waals surface area contributed by atoms with Crippen molar-refractivity contribution in [3.63, 3.8) is 0 Å². The summed E-state index contributed by atoms with van der Waals surface area (Å²) in [6, 6.07) is 3.21. The largest absolute Gasteiger partial charge is 0.352 e. The van der Waals surface area contributed by atoms with Crippen LogP contribution >= 0.6 is 0 Å². The molecule has 0 radical (unpaired) electrons. The molecular weight excluding hydrogens is 159 g/mol. The van der Waals surface area contributed by atoms with Gasteiger partial charge in [-0.25, -0.2) is 4.98 Å². The first-order chi connectivity index (χ1) is 5.70. The van der Waals surface area contributed by atoms with Crippen LogP contribution in [0.2, 0.25) is 0 Å². The van der Waals surface area contributed by atoms with E-state index in [-0.39, 0.29) is 12.5 Å². The molecule has 1 rings (SSSR count). The van der Waals surface area contributed by atoms with E-state index in [1.165, 1.54) is 13.1 Å². The molecule has 12 heavy (non-hydrogen) atoms. The van der Waals surface area contributed by atoms with Gasteiger partial charge in [0.15, 0.2) is 0 Å². The number of nitrogens with zero attached hydrogens (tertiary/aromatic N) is 1. The minimum Gasteiger partial charge on any atom is -0.352 e. The van der Waals surface area contributed by atoms with Crippen molar-refractivity contribution in [3.05, 3.63) is 29.8 Å². The van der Waals surface area contributed by atoms with Gasteiger partial charge in [-0.2, -0.15) is 4.39 Å². The molecule has 0 bridgehead atoms. The molecular formula is C8H9FN2O. The molecule has 0 atom stereocenters. The Bertz CT molecular complexity index is 288. The number of hydrogen-bond acceptors (Lipinski definition) is 2. The number of nitrogens with one attached hydrogen (secondary N) is 1. The average molecular weight is 168 g/mol. The maximum atomic E-state index is 12.8. The first kappa shape index (κ1) is 8.64. The van der Waals surface area contributed by atoms with E-state index in [1.54, 1.807) is 12.1 Å². The monoisotopic (exact) mass is 168 g/mol. The normalized spacial score (nSPS) is 9.50. The summed E-state index contributed by atoms with van der Waals surface area (Å²) in [4.78, 5) is 13.9. The standard InChI is InChI=1S/C8H9FN2O/c1-6(12)11-5-7-3-2-4-10-8(7)9/h2-4H,5H2,1H3,(H,11,12). The fourth-order valence-corrected chi connectivity index (χ4v) is 0.771. The Hall–Kier alpha value is -1.45. The Balaban J connectivity index is 2.63. The zero-order valence-electron chi connectivity index (χ0n) is 6.67. The summed E-state index contributed by atoms with van der Waals surface area (Å²) in [5.41, 5.74) is 0.396. The molecule has 1 aromatic rings. The lowest BCUT2D eigenvalue weighted by Crippen LogP contribution is -2.19. The van der Waals surface area contributed by atoms with Crippen LogP contribution in [0.1, 0.15) is 12.5 Å². The molecule has 1 aromatic heterocycles. The van der Waals surface area contributed by atoms with Gasteiger partial charge in [-0.15, -0.1) is 0 Å². The Morgan fingerprint density at radius 3 is 3.08 bits per heavy atom. The summed E-state index contributed by atoms with van der Waals surface area (Å²) in [7, 11) is 0. The molecule has 64 valence electrons. The van der Waals surface area contributed by atoms with Crippen molar-refractivity contribution in [1.29, 1.82) is 0 Å². The third kappa shape index (κ3) is 2.30. The number of pyridine rings is 1. The van der Waals surface area contributed by atoms with Crippen LogP contribution < -0.4 is 5.32 Å². The molecule has 0 fully saturated rings. The van der Waals surface area contributed by atoms with E-state index in [2.05, 4.69) is 10.3 Å². The average Bonchev–Trinajstić information content (AvgIpc) is 2.03. The van der Waals surface area contributed by atoms with Gasteiger partial charge in [0, 0.05) is 25.2 Å². The fourth-order valence-electron chi connectivity index (χ4n) is 0.771. The van der Waals surface area contributed by atoms with Crippen molar-refractivity contribution >= 4 is 5.91 Å². The van der Waals surface area contributed by atoms with E-state index in [9.17, 15) is 9.18 Å². The summed E-state index contributed by atoms with van der Waals surface area (Å²) in [6.45, 7) is 1.57. The summed E-state index contributed by atoms with van der Waals surface area (Å²) >= 11 is 0. The topological polar surface area (TPSA) is 42.0 Å². The van der Waals surface area contributed by atoms with Gasteiger partial charge in [0.1, 0.15) is 0 Å². The number of amides is 1. The first-order valence-corrected chi connectivity index (χ1v) is 3.54. The van der Waals surface area contributed by atoms with Crippen LogP contribution in [0.5, 0.6) is 0 Å². The van der Waals surface area contributed by atoms with Crippen LogP contribution in [0.15, 0.2) is 18.3 Å². The van der Waals surface area contributed by atoms with Crippen molar-refractivity contribution in [2.45, 2.75) is 13.5 Å². The molecule has 3 nitrogen and oxygen atoms in total. The summed E-state index contributed by atoms with van der Waals surface area (Å²) in [6.07, 6.45) is 1.37. The zero-order valence-corrected chi connectivity index (χ0v) is 6.67. The molecule has 0 aliphatic heterocycles. The van der Waals surface area contributed by atoms with E-state index in [1.807, 2.05) is 0 Å². The predicted molar refractivity (Wildman–Crippen MR) is 41.7 cm³/mol. The van der Waals surface area contributed by atoms with E-state index < -0.39 is 5.95 Å². The Morgan fingerprint density at radius 1 is 1.75 bits per heavy atom. The van der Waals surface area contributed by atoms with Gasteiger partial charge in [-0.1, -0.05) is 6.07 Å². The van der Waals surface area contributed by atoms with Crippen LogP contribution in [0.4, 0.5) is 4.39 Å². The van der Waals surface area contributed by atoms with Crippen LogP contribution in [-0.4, -0.2) is 10.9 Å². The van der Waals surface area contributed by atoms with Crippen LogP contribution in [0.25, 0.3) is 0 Å². The Kier molecular flexibility index (Phi) is 2.74. The SMILES string of the molecule is CC(=O)NCc1cccnc1F. The van der Waals surface area contributed by atoms with Gasteiger partial charge in [0.25, 0.3) is 0 Å². The second kappa shape index (κ2) is 3.80.